The van der Waals surface area contributed by atoms with E-state index in [-0.39, 0.29) is 18.4 Å². The Morgan fingerprint density at radius 2 is 2.09 bits per heavy atom. The lowest BCUT2D eigenvalue weighted by Crippen LogP contribution is -2.45. The van der Waals surface area contributed by atoms with Crippen LogP contribution in [0.3, 0.4) is 0 Å². The second-order valence-corrected chi connectivity index (χ2v) is 5.23. The van der Waals surface area contributed by atoms with Crippen molar-refractivity contribution in [2.75, 3.05) is 7.11 Å². The largest absolute Gasteiger partial charge is 0.465 e. The highest BCUT2D eigenvalue weighted by Gasteiger charge is 2.23. The fraction of sp³-hybridized carbons (Fsp3) is 0.438. The predicted molar refractivity (Wildman–Crippen MR) is 80.0 cm³/mol. The van der Waals surface area contributed by atoms with E-state index in [1.807, 2.05) is 0 Å². The molecule has 1 saturated heterocycles. The summed E-state index contributed by atoms with van der Waals surface area (Å²) in [5, 5.41) is 5.50. The minimum atomic E-state index is -0.500. The van der Waals surface area contributed by atoms with Gasteiger partial charge in [0.2, 0.25) is 11.8 Å². The van der Waals surface area contributed by atoms with Crippen molar-refractivity contribution >= 4 is 17.8 Å². The molecule has 1 aromatic rings. The summed E-state index contributed by atoms with van der Waals surface area (Å²) >= 11 is 0. The van der Waals surface area contributed by atoms with Crippen LogP contribution >= 0.6 is 0 Å². The van der Waals surface area contributed by atoms with Gasteiger partial charge in [-0.1, -0.05) is 24.6 Å². The van der Waals surface area contributed by atoms with Crippen LogP contribution < -0.4 is 10.6 Å². The highest BCUT2D eigenvalue weighted by atomic mass is 16.5. The van der Waals surface area contributed by atoms with Gasteiger partial charge in [0.05, 0.1) is 12.7 Å². The van der Waals surface area contributed by atoms with Crippen molar-refractivity contribution in [3.63, 3.8) is 0 Å². The first-order valence-corrected chi connectivity index (χ1v) is 7.35. The Hall–Kier alpha value is -2.37. The van der Waals surface area contributed by atoms with E-state index in [2.05, 4.69) is 10.6 Å². The van der Waals surface area contributed by atoms with Crippen LogP contribution in [0.5, 0.6) is 0 Å². The third-order valence-corrected chi connectivity index (χ3v) is 3.67. The molecule has 0 aromatic heterocycles. The number of nitrogens with one attached hydrogen (secondary N) is 2. The van der Waals surface area contributed by atoms with Gasteiger partial charge in [-0.15, -0.1) is 0 Å². The van der Waals surface area contributed by atoms with Crippen LogP contribution in [0.4, 0.5) is 0 Å². The Morgan fingerprint density at radius 3 is 2.86 bits per heavy atom. The number of carbonyl (C=O) groups is 3. The molecule has 1 fully saturated rings. The molecular formula is C16H20N2O4. The molecule has 1 heterocycles. The number of ether oxygens (including phenoxy) is 1. The Kier molecular flexibility index (Phi) is 5.52. The smallest absolute Gasteiger partial charge is 0.338 e. The average molecular weight is 304 g/mol. The normalized spacial score (nSPS) is 18.0. The van der Waals surface area contributed by atoms with Crippen molar-refractivity contribution < 1.29 is 19.1 Å². The summed E-state index contributed by atoms with van der Waals surface area (Å²) in [5.41, 5.74) is 1.11. The topological polar surface area (TPSA) is 84.5 Å². The van der Waals surface area contributed by atoms with Crippen molar-refractivity contribution in [2.24, 2.45) is 0 Å². The molecule has 1 atom stereocenters. The summed E-state index contributed by atoms with van der Waals surface area (Å²) in [5.74, 6) is -0.754. The minimum absolute atomic E-state index is 0.0902. The molecular weight excluding hydrogens is 284 g/mol. The predicted octanol–water partition coefficient (Wildman–Crippen LogP) is 1.15. The lowest BCUT2D eigenvalue weighted by Gasteiger charge is -2.16. The van der Waals surface area contributed by atoms with Crippen molar-refractivity contribution in [1.82, 2.24) is 10.6 Å². The van der Waals surface area contributed by atoms with E-state index in [4.69, 9.17) is 4.74 Å². The Balaban J connectivity index is 1.99. The standard InChI is InChI=1S/C16H20N2O4/c1-22-16(21)12-7-3-2-6-11(12)10-17-15(20)13-8-4-5-9-14(19)18-13/h2-3,6-7,13H,4-5,8-10H2,1H3,(H,17,20)(H,18,19)/t13-/m0/s1. The fourth-order valence-corrected chi connectivity index (χ4v) is 2.46. The van der Waals surface area contributed by atoms with Crippen molar-refractivity contribution in [2.45, 2.75) is 38.3 Å². The van der Waals surface area contributed by atoms with Crippen molar-refractivity contribution in [1.29, 1.82) is 0 Å². The number of esters is 1. The van der Waals surface area contributed by atoms with E-state index < -0.39 is 12.0 Å². The highest BCUT2D eigenvalue weighted by Crippen LogP contribution is 2.12. The quantitative estimate of drug-likeness (QED) is 0.817. The average Bonchev–Trinajstić information content (AvgIpc) is 2.76. The summed E-state index contributed by atoms with van der Waals surface area (Å²) in [6, 6.07) is 6.45. The Morgan fingerprint density at radius 1 is 1.32 bits per heavy atom. The number of methoxy groups -OCH3 is 1. The highest BCUT2D eigenvalue weighted by molar-refractivity contribution is 5.91. The molecule has 0 unspecified atom stereocenters. The van der Waals surface area contributed by atoms with Gasteiger partial charge in [0.15, 0.2) is 0 Å². The molecule has 0 radical (unpaired) electrons. The molecule has 118 valence electrons. The second kappa shape index (κ2) is 7.59. The number of hydrogen-bond donors (Lipinski definition) is 2. The molecule has 1 aliphatic heterocycles. The first kappa shape index (κ1) is 16.0. The number of hydrogen-bond acceptors (Lipinski definition) is 4. The summed E-state index contributed by atoms with van der Waals surface area (Å²) in [6.07, 6.45) is 2.75. The van der Waals surface area contributed by atoms with E-state index >= 15 is 0 Å². The number of amides is 2. The molecule has 0 saturated carbocycles. The third kappa shape index (κ3) is 4.07. The number of rotatable bonds is 4. The zero-order chi connectivity index (χ0) is 15.9. The maximum atomic E-state index is 12.2. The molecule has 2 N–H and O–H groups in total. The first-order valence-electron chi connectivity index (χ1n) is 7.35. The molecule has 2 amide bonds. The molecule has 0 bridgehead atoms. The van der Waals surface area contributed by atoms with Crippen LogP contribution in [0.25, 0.3) is 0 Å². The molecule has 1 aromatic carbocycles. The summed E-state index contributed by atoms with van der Waals surface area (Å²) in [7, 11) is 1.32. The van der Waals surface area contributed by atoms with Gasteiger partial charge < -0.3 is 15.4 Å². The zero-order valence-corrected chi connectivity index (χ0v) is 12.6. The molecule has 0 spiro atoms. The third-order valence-electron chi connectivity index (χ3n) is 3.67. The monoisotopic (exact) mass is 304 g/mol. The SMILES string of the molecule is COC(=O)c1ccccc1CNC(=O)[C@@H]1CCCCC(=O)N1. The van der Waals surface area contributed by atoms with Gasteiger partial charge in [-0.05, 0) is 24.5 Å². The van der Waals surface area contributed by atoms with Crippen LogP contribution in [-0.4, -0.2) is 30.9 Å². The zero-order valence-electron chi connectivity index (χ0n) is 12.6. The number of benzene rings is 1. The molecule has 6 heteroatoms. The van der Waals surface area contributed by atoms with Crippen LogP contribution in [0.2, 0.25) is 0 Å². The Bertz CT molecular complexity index is 571. The maximum absolute atomic E-state index is 12.2. The van der Waals surface area contributed by atoms with Gasteiger partial charge >= 0.3 is 5.97 Å². The van der Waals surface area contributed by atoms with Gasteiger partial charge in [-0.3, -0.25) is 9.59 Å². The van der Waals surface area contributed by atoms with Crippen molar-refractivity contribution in [3.05, 3.63) is 35.4 Å². The lowest BCUT2D eigenvalue weighted by atomic mass is 10.1. The maximum Gasteiger partial charge on any atom is 0.338 e. The van der Waals surface area contributed by atoms with Gasteiger partial charge in [-0.25, -0.2) is 4.79 Å². The van der Waals surface area contributed by atoms with Gasteiger partial charge in [-0.2, -0.15) is 0 Å². The van der Waals surface area contributed by atoms with E-state index in [1.165, 1.54) is 7.11 Å². The molecule has 22 heavy (non-hydrogen) atoms. The van der Waals surface area contributed by atoms with E-state index in [0.717, 1.165) is 12.8 Å². The van der Waals surface area contributed by atoms with E-state index in [1.54, 1.807) is 24.3 Å². The summed E-state index contributed by atoms with van der Waals surface area (Å²) < 4.78 is 4.72. The van der Waals surface area contributed by atoms with Gasteiger partial charge in [0, 0.05) is 13.0 Å². The molecule has 0 aliphatic carbocycles. The van der Waals surface area contributed by atoms with Crippen molar-refractivity contribution in [3.8, 4) is 0 Å². The molecule has 6 nitrogen and oxygen atoms in total. The Labute approximate surface area is 129 Å². The summed E-state index contributed by atoms with van der Waals surface area (Å²) in [6.45, 7) is 0.219. The fourth-order valence-electron chi connectivity index (χ4n) is 2.46. The van der Waals surface area contributed by atoms with Crippen LogP contribution in [-0.2, 0) is 20.9 Å². The first-order chi connectivity index (χ1) is 10.6. The molecule has 2 rings (SSSR count). The van der Waals surface area contributed by atoms with Crippen LogP contribution in [0, 0.1) is 0 Å². The van der Waals surface area contributed by atoms with Crippen LogP contribution in [0.15, 0.2) is 24.3 Å². The van der Waals surface area contributed by atoms with Gasteiger partial charge in [0.1, 0.15) is 6.04 Å². The lowest BCUT2D eigenvalue weighted by molar-refractivity contribution is -0.128. The minimum Gasteiger partial charge on any atom is -0.465 e. The van der Waals surface area contributed by atoms with E-state index in [0.29, 0.717) is 24.0 Å². The van der Waals surface area contributed by atoms with Gasteiger partial charge in [0.25, 0.3) is 0 Å². The number of carbonyl (C=O) groups excluding carboxylic acids is 3. The van der Waals surface area contributed by atoms with Crippen LogP contribution in [0.1, 0.15) is 41.6 Å². The summed E-state index contributed by atoms with van der Waals surface area (Å²) in [4.78, 5) is 35.4. The molecule has 1 aliphatic rings. The second-order valence-electron chi connectivity index (χ2n) is 5.23. The van der Waals surface area contributed by atoms with E-state index in [9.17, 15) is 14.4 Å².